The Labute approximate surface area is 118 Å². The summed E-state index contributed by atoms with van der Waals surface area (Å²) in [6, 6.07) is 1.82. The SMILES string of the molecule is COC(=O)C[C@H](NC(=O)c1ccc(Cl)cc1F)C(=O)O. The first-order chi connectivity index (χ1) is 9.35. The Morgan fingerprint density at radius 3 is 2.60 bits per heavy atom. The van der Waals surface area contributed by atoms with E-state index in [1.54, 1.807) is 0 Å². The van der Waals surface area contributed by atoms with Crippen LogP contribution in [0.5, 0.6) is 0 Å². The molecule has 8 heteroatoms. The molecule has 0 aromatic heterocycles. The van der Waals surface area contributed by atoms with E-state index in [4.69, 9.17) is 16.7 Å². The van der Waals surface area contributed by atoms with Crippen molar-refractivity contribution in [3.63, 3.8) is 0 Å². The van der Waals surface area contributed by atoms with Gasteiger partial charge in [-0.15, -0.1) is 0 Å². The van der Waals surface area contributed by atoms with Crippen LogP contribution in [0.25, 0.3) is 0 Å². The number of hydrogen-bond acceptors (Lipinski definition) is 4. The van der Waals surface area contributed by atoms with Gasteiger partial charge in [0, 0.05) is 5.02 Å². The molecule has 1 rings (SSSR count). The Balaban J connectivity index is 2.85. The van der Waals surface area contributed by atoms with Gasteiger partial charge >= 0.3 is 11.9 Å². The fourth-order valence-electron chi connectivity index (χ4n) is 1.36. The minimum atomic E-state index is -1.51. The molecule has 0 bridgehead atoms. The zero-order valence-electron chi connectivity index (χ0n) is 10.4. The molecule has 108 valence electrons. The van der Waals surface area contributed by atoms with E-state index in [1.165, 1.54) is 6.07 Å². The topological polar surface area (TPSA) is 92.7 Å². The van der Waals surface area contributed by atoms with Crippen molar-refractivity contribution in [2.75, 3.05) is 7.11 Å². The number of hydrogen-bond donors (Lipinski definition) is 2. The first kappa shape index (κ1) is 15.9. The number of carbonyl (C=O) groups is 3. The molecular weight excluding hydrogens is 293 g/mol. The molecule has 0 aliphatic carbocycles. The summed E-state index contributed by atoms with van der Waals surface area (Å²) in [6.45, 7) is 0. The predicted molar refractivity (Wildman–Crippen MR) is 66.9 cm³/mol. The fourth-order valence-corrected chi connectivity index (χ4v) is 1.52. The summed E-state index contributed by atoms with van der Waals surface area (Å²) in [5, 5.41) is 11.0. The average Bonchev–Trinajstić information content (AvgIpc) is 2.37. The monoisotopic (exact) mass is 303 g/mol. The zero-order chi connectivity index (χ0) is 15.3. The molecule has 1 atom stereocenters. The molecule has 0 aliphatic heterocycles. The number of ether oxygens (including phenoxy) is 1. The first-order valence-electron chi connectivity index (χ1n) is 5.40. The van der Waals surface area contributed by atoms with Crippen molar-refractivity contribution in [3.8, 4) is 0 Å². The Hall–Kier alpha value is -2.15. The Morgan fingerprint density at radius 2 is 2.10 bits per heavy atom. The minimum Gasteiger partial charge on any atom is -0.480 e. The van der Waals surface area contributed by atoms with E-state index < -0.39 is 36.1 Å². The summed E-state index contributed by atoms with van der Waals surface area (Å²) < 4.78 is 17.8. The van der Waals surface area contributed by atoms with Gasteiger partial charge in [0.15, 0.2) is 0 Å². The molecule has 0 heterocycles. The number of halogens is 2. The standard InChI is InChI=1S/C12H11ClFNO5/c1-20-10(16)5-9(12(18)19)15-11(17)7-3-2-6(13)4-8(7)14/h2-4,9H,5H2,1H3,(H,15,17)(H,18,19)/t9-/m0/s1. The number of carboxylic acid groups (broad SMARTS) is 1. The molecule has 0 saturated carbocycles. The van der Waals surface area contributed by atoms with E-state index in [9.17, 15) is 18.8 Å². The number of nitrogens with one attached hydrogen (secondary N) is 1. The number of carbonyl (C=O) groups excluding carboxylic acids is 2. The Bertz CT molecular complexity index is 549. The molecule has 0 radical (unpaired) electrons. The molecule has 0 unspecified atom stereocenters. The molecule has 0 saturated heterocycles. The highest BCUT2D eigenvalue weighted by Gasteiger charge is 2.25. The largest absolute Gasteiger partial charge is 0.480 e. The van der Waals surface area contributed by atoms with Crippen molar-refractivity contribution in [2.24, 2.45) is 0 Å². The van der Waals surface area contributed by atoms with Crippen LogP contribution in [0, 0.1) is 5.82 Å². The van der Waals surface area contributed by atoms with E-state index in [2.05, 4.69) is 4.74 Å². The van der Waals surface area contributed by atoms with Gasteiger partial charge in [-0.3, -0.25) is 9.59 Å². The van der Waals surface area contributed by atoms with Crippen LogP contribution < -0.4 is 5.32 Å². The summed E-state index contributed by atoms with van der Waals surface area (Å²) in [7, 11) is 1.09. The minimum absolute atomic E-state index is 0.100. The summed E-state index contributed by atoms with van der Waals surface area (Å²) in [4.78, 5) is 33.7. The van der Waals surface area contributed by atoms with Crippen LogP contribution in [-0.2, 0) is 14.3 Å². The molecule has 1 aromatic carbocycles. The Kier molecular flexibility index (Phi) is 5.45. The van der Waals surface area contributed by atoms with Gasteiger partial charge in [0.1, 0.15) is 11.9 Å². The molecule has 20 heavy (non-hydrogen) atoms. The van der Waals surface area contributed by atoms with Gasteiger partial charge in [-0.1, -0.05) is 11.6 Å². The van der Waals surface area contributed by atoms with Crippen LogP contribution in [-0.4, -0.2) is 36.1 Å². The van der Waals surface area contributed by atoms with Crippen LogP contribution in [0.2, 0.25) is 5.02 Å². The van der Waals surface area contributed by atoms with Gasteiger partial charge < -0.3 is 15.2 Å². The number of rotatable bonds is 5. The number of esters is 1. The molecule has 0 fully saturated rings. The first-order valence-corrected chi connectivity index (χ1v) is 5.78. The van der Waals surface area contributed by atoms with Crippen molar-refractivity contribution >= 4 is 29.4 Å². The highest BCUT2D eigenvalue weighted by molar-refractivity contribution is 6.30. The van der Waals surface area contributed by atoms with Gasteiger partial charge in [-0.25, -0.2) is 9.18 Å². The predicted octanol–water partition coefficient (Wildman–Crippen LogP) is 1.23. The normalized spacial score (nSPS) is 11.6. The molecule has 0 spiro atoms. The summed E-state index contributed by atoms with van der Waals surface area (Å²) in [5.41, 5.74) is -0.370. The third kappa shape index (κ3) is 4.20. The summed E-state index contributed by atoms with van der Waals surface area (Å²) in [6.07, 6.45) is -0.563. The van der Waals surface area contributed by atoms with Crippen molar-refractivity contribution < 1.29 is 28.6 Å². The van der Waals surface area contributed by atoms with Crippen LogP contribution in [0.3, 0.4) is 0 Å². The van der Waals surface area contributed by atoms with Crippen molar-refractivity contribution in [1.82, 2.24) is 5.32 Å². The van der Waals surface area contributed by atoms with Crippen LogP contribution in [0.4, 0.5) is 4.39 Å². The smallest absolute Gasteiger partial charge is 0.326 e. The van der Waals surface area contributed by atoms with E-state index >= 15 is 0 Å². The van der Waals surface area contributed by atoms with E-state index in [0.29, 0.717) is 0 Å². The van der Waals surface area contributed by atoms with Gasteiger partial charge in [0.2, 0.25) is 0 Å². The Morgan fingerprint density at radius 1 is 1.45 bits per heavy atom. The number of carboxylic acids is 1. The van der Waals surface area contributed by atoms with E-state index in [0.717, 1.165) is 19.2 Å². The summed E-state index contributed by atoms with van der Waals surface area (Å²) in [5.74, 6) is -4.10. The highest BCUT2D eigenvalue weighted by Crippen LogP contribution is 2.14. The lowest BCUT2D eigenvalue weighted by Gasteiger charge is -2.13. The van der Waals surface area contributed by atoms with Gasteiger partial charge in [0.25, 0.3) is 5.91 Å². The maximum Gasteiger partial charge on any atom is 0.326 e. The average molecular weight is 304 g/mol. The molecule has 1 amide bonds. The van der Waals surface area contributed by atoms with Crippen molar-refractivity contribution in [2.45, 2.75) is 12.5 Å². The second kappa shape index (κ2) is 6.85. The van der Waals surface area contributed by atoms with Crippen LogP contribution >= 0.6 is 11.6 Å². The van der Waals surface area contributed by atoms with Gasteiger partial charge in [-0.2, -0.15) is 0 Å². The molecule has 6 nitrogen and oxygen atoms in total. The number of amides is 1. The lowest BCUT2D eigenvalue weighted by molar-refractivity contribution is -0.147. The third-order valence-electron chi connectivity index (χ3n) is 2.38. The van der Waals surface area contributed by atoms with Gasteiger partial charge in [0.05, 0.1) is 19.1 Å². The number of methoxy groups -OCH3 is 1. The van der Waals surface area contributed by atoms with Gasteiger partial charge in [-0.05, 0) is 18.2 Å². The molecule has 2 N–H and O–H groups in total. The fraction of sp³-hybridized carbons (Fsp3) is 0.250. The maximum atomic E-state index is 13.5. The van der Waals surface area contributed by atoms with Crippen molar-refractivity contribution in [3.05, 3.63) is 34.6 Å². The lowest BCUT2D eigenvalue weighted by atomic mass is 10.1. The highest BCUT2D eigenvalue weighted by atomic mass is 35.5. The van der Waals surface area contributed by atoms with E-state index in [1.807, 2.05) is 5.32 Å². The molecule has 0 aliphatic rings. The van der Waals surface area contributed by atoms with Crippen molar-refractivity contribution in [1.29, 1.82) is 0 Å². The summed E-state index contributed by atoms with van der Waals surface area (Å²) >= 11 is 5.54. The van der Waals surface area contributed by atoms with Crippen LogP contribution in [0.15, 0.2) is 18.2 Å². The zero-order valence-corrected chi connectivity index (χ0v) is 11.1. The quantitative estimate of drug-likeness (QED) is 0.798. The van der Waals surface area contributed by atoms with Crippen LogP contribution in [0.1, 0.15) is 16.8 Å². The number of benzene rings is 1. The molecule has 1 aromatic rings. The third-order valence-corrected chi connectivity index (χ3v) is 2.61. The number of aliphatic carboxylic acids is 1. The second-order valence-corrected chi connectivity index (χ2v) is 4.21. The maximum absolute atomic E-state index is 13.5. The lowest BCUT2D eigenvalue weighted by Crippen LogP contribution is -2.42. The molecular formula is C12H11ClFNO5. The van der Waals surface area contributed by atoms with E-state index in [-0.39, 0.29) is 10.6 Å². The second-order valence-electron chi connectivity index (χ2n) is 3.77.